The van der Waals surface area contributed by atoms with Gasteiger partial charge in [0.2, 0.25) is 0 Å². The lowest BCUT2D eigenvalue weighted by Gasteiger charge is -2.04. The molecule has 2 rings (SSSR count). The van der Waals surface area contributed by atoms with Crippen LogP contribution in [0.2, 0.25) is 0 Å². The predicted molar refractivity (Wildman–Crippen MR) is 68.5 cm³/mol. The van der Waals surface area contributed by atoms with Crippen LogP contribution in [0.3, 0.4) is 0 Å². The first kappa shape index (κ1) is 13.8. The van der Waals surface area contributed by atoms with Crippen LogP contribution in [0.15, 0.2) is 40.9 Å². The van der Waals surface area contributed by atoms with Gasteiger partial charge < -0.3 is 0 Å². The molecule has 98 valence electrons. The van der Waals surface area contributed by atoms with Crippen molar-refractivity contribution in [2.75, 3.05) is 0 Å². The van der Waals surface area contributed by atoms with Gasteiger partial charge in [-0.15, -0.1) is 0 Å². The molecule has 0 spiro atoms. The number of halogens is 4. The van der Waals surface area contributed by atoms with Crippen molar-refractivity contribution in [3.8, 4) is 0 Å². The molecule has 0 fully saturated rings. The molecule has 0 N–H and O–H groups in total. The average Bonchev–Trinajstić information content (AvgIpc) is 2.33. The Morgan fingerprint density at radius 2 is 1.74 bits per heavy atom. The van der Waals surface area contributed by atoms with Crippen molar-refractivity contribution < 1.29 is 18.0 Å². The molecule has 0 saturated heterocycles. The van der Waals surface area contributed by atoms with Gasteiger partial charge in [0.15, 0.2) is 5.78 Å². The summed E-state index contributed by atoms with van der Waals surface area (Å²) in [6.07, 6.45) is -0.0819. The number of carbonyl (C=O) groups is 1. The lowest BCUT2D eigenvalue weighted by atomic mass is 10.0. The Kier molecular flexibility index (Phi) is 4.04. The van der Waals surface area contributed by atoms with Gasteiger partial charge in [-0.3, -0.25) is 4.79 Å². The van der Waals surface area contributed by atoms with E-state index in [0.29, 0.717) is 11.6 Å². The Bertz CT molecular complexity index is 641. The molecule has 0 unspecified atom stereocenters. The Hall–Kier alpha value is -1.62. The van der Waals surface area contributed by atoms with E-state index in [1.165, 1.54) is 18.2 Å². The number of Topliss-reactive ketones (excluding diaryl/α,β-unsaturated/α-hetero) is 1. The molecule has 0 radical (unpaired) electrons. The molecular formula is C14H8BrF3O. The second-order valence-corrected chi connectivity index (χ2v) is 4.83. The number of hydrogen-bond donors (Lipinski definition) is 0. The van der Waals surface area contributed by atoms with Gasteiger partial charge in [0, 0.05) is 12.5 Å². The molecule has 1 nitrogen and oxygen atoms in total. The van der Waals surface area contributed by atoms with Gasteiger partial charge >= 0.3 is 0 Å². The van der Waals surface area contributed by atoms with Crippen molar-refractivity contribution in [1.29, 1.82) is 0 Å². The molecule has 0 bridgehead atoms. The standard InChI is InChI=1S/C14H8BrF3O/c15-11-5-8(1-4-12(11)17)6-14(19)10-3-2-9(16)7-13(10)18/h1-5,7H,6H2. The van der Waals surface area contributed by atoms with E-state index in [-0.39, 0.29) is 16.5 Å². The zero-order chi connectivity index (χ0) is 14.0. The summed E-state index contributed by atoms with van der Waals surface area (Å²) in [5.74, 6) is -2.56. The van der Waals surface area contributed by atoms with E-state index >= 15 is 0 Å². The fourth-order valence-corrected chi connectivity index (χ4v) is 2.07. The normalized spacial score (nSPS) is 10.5. The van der Waals surface area contributed by atoms with Crippen LogP contribution in [-0.2, 0) is 6.42 Å². The fraction of sp³-hybridized carbons (Fsp3) is 0.0714. The molecule has 2 aromatic carbocycles. The molecule has 19 heavy (non-hydrogen) atoms. The third-order valence-corrected chi connectivity index (χ3v) is 3.19. The maximum Gasteiger partial charge on any atom is 0.170 e. The van der Waals surface area contributed by atoms with Crippen molar-refractivity contribution in [1.82, 2.24) is 0 Å². The summed E-state index contributed by atoms with van der Waals surface area (Å²) in [5, 5.41) is 0. The van der Waals surface area contributed by atoms with E-state index in [1.807, 2.05) is 0 Å². The molecule has 2 aromatic rings. The lowest BCUT2D eigenvalue weighted by Crippen LogP contribution is -2.06. The fourth-order valence-electron chi connectivity index (χ4n) is 1.65. The minimum absolute atomic E-state index is 0.0819. The third kappa shape index (κ3) is 3.23. The van der Waals surface area contributed by atoms with Gasteiger partial charge in [0.1, 0.15) is 17.5 Å². The molecule has 5 heteroatoms. The summed E-state index contributed by atoms with van der Waals surface area (Å²) >= 11 is 3.01. The molecule has 0 aliphatic heterocycles. The number of rotatable bonds is 3. The van der Waals surface area contributed by atoms with Crippen LogP contribution < -0.4 is 0 Å². The quantitative estimate of drug-likeness (QED) is 0.768. The zero-order valence-corrected chi connectivity index (χ0v) is 11.2. The first-order chi connectivity index (χ1) is 8.97. The molecule has 0 aliphatic carbocycles. The highest BCUT2D eigenvalue weighted by Crippen LogP contribution is 2.19. The van der Waals surface area contributed by atoms with Crippen molar-refractivity contribution in [2.24, 2.45) is 0 Å². The summed E-state index contributed by atoms with van der Waals surface area (Å²) in [4.78, 5) is 11.9. The van der Waals surface area contributed by atoms with Gasteiger partial charge in [0.05, 0.1) is 10.0 Å². The summed E-state index contributed by atoms with van der Waals surface area (Å²) in [7, 11) is 0. The zero-order valence-electron chi connectivity index (χ0n) is 9.59. The molecule has 0 atom stereocenters. The molecule has 0 saturated carbocycles. The highest BCUT2D eigenvalue weighted by atomic mass is 79.9. The maximum atomic E-state index is 13.4. The number of benzene rings is 2. The minimum atomic E-state index is -0.897. The van der Waals surface area contributed by atoms with Crippen LogP contribution in [-0.4, -0.2) is 5.78 Å². The van der Waals surface area contributed by atoms with Gasteiger partial charge in [-0.2, -0.15) is 0 Å². The van der Waals surface area contributed by atoms with Crippen LogP contribution in [0.1, 0.15) is 15.9 Å². The molecular weight excluding hydrogens is 321 g/mol. The smallest absolute Gasteiger partial charge is 0.170 e. The summed E-state index contributed by atoms with van der Waals surface area (Å²) in [6, 6.07) is 6.90. The second kappa shape index (κ2) is 5.57. The van der Waals surface area contributed by atoms with Crippen LogP contribution in [0.4, 0.5) is 13.2 Å². The second-order valence-electron chi connectivity index (χ2n) is 3.97. The van der Waals surface area contributed by atoms with Gasteiger partial charge in [-0.1, -0.05) is 6.07 Å². The first-order valence-electron chi connectivity index (χ1n) is 5.39. The Balaban J connectivity index is 2.23. The summed E-state index contributed by atoms with van der Waals surface area (Å²) in [6.45, 7) is 0. The van der Waals surface area contributed by atoms with Crippen molar-refractivity contribution in [3.63, 3.8) is 0 Å². The SMILES string of the molecule is O=C(Cc1ccc(F)c(Br)c1)c1ccc(F)cc1F. The van der Waals surface area contributed by atoms with E-state index in [9.17, 15) is 18.0 Å². The predicted octanol–water partition coefficient (Wildman–Crippen LogP) is 4.29. The largest absolute Gasteiger partial charge is 0.294 e. The van der Waals surface area contributed by atoms with Crippen molar-refractivity contribution >= 4 is 21.7 Å². The molecule has 0 heterocycles. The van der Waals surface area contributed by atoms with Crippen LogP contribution in [0.5, 0.6) is 0 Å². The van der Waals surface area contributed by atoms with Gasteiger partial charge in [-0.05, 0) is 45.8 Å². The van der Waals surface area contributed by atoms with Crippen LogP contribution >= 0.6 is 15.9 Å². The average molecular weight is 329 g/mol. The maximum absolute atomic E-state index is 13.4. The van der Waals surface area contributed by atoms with Crippen molar-refractivity contribution in [2.45, 2.75) is 6.42 Å². The van der Waals surface area contributed by atoms with Crippen LogP contribution in [0.25, 0.3) is 0 Å². The first-order valence-corrected chi connectivity index (χ1v) is 6.19. The number of hydrogen-bond acceptors (Lipinski definition) is 1. The Morgan fingerprint density at radius 3 is 2.37 bits per heavy atom. The number of carbonyl (C=O) groups excluding carboxylic acids is 1. The highest BCUT2D eigenvalue weighted by molar-refractivity contribution is 9.10. The van der Waals surface area contributed by atoms with E-state index in [1.54, 1.807) is 0 Å². The van der Waals surface area contributed by atoms with Crippen LogP contribution in [0, 0.1) is 17.5 Å². The number of ketones is 1. The van der Waals surface area contributed by atoms with Crippen molar-refractivity contribution in [3.05, 3.63) is 69.4 Å². The Labute approximate surface area is 116 Å². The van der Waals surface area contributed by atoms with E-state index in [2.05, 4.69) is 15.9 Å². The molecule has 0 aromatic heterocycles. The van der Waals surface area contributed by atoms with Gasteiger partial charge in [0.25, 0.3) is 0 Å². The lowest BCUT2D eigenvalue weighted by molar-refractivity contribution is 0.0989. The van der Waals surface area contributed by atoms with E-state index < -0.39 is 23.2 Å². The monoisotopic (exact) mass is 328 g/mol. The van der Waals surface area contributed by atoms with E-state index in [0.717, 1.165) is 12.1 Å². The topological polar surface area (TPSA) is 17.1 Å². The Morgan fingerprint density at radius 1 is 1.00 bits per heavy atom. The summed E-state index contributed by atoms with van der Waals surface area (Å²) in [5.41, 5.74) is 0.365. The summed E-state index contributed by atoms with van der Waals surface area (Å²) < 4.78 is 39.4. The minimum Gasteiger partial charge on any atom is -0.294 e. The van der Waals surface area contributed by atoms with E-state index in [4.69, 9.17) is 0 Å². The molecule has 0 amide bonds. The third-order valence-electron chi connectivity index (χ3n) is 2.58. The highest BCUT2D eigenvalue weighted by Gasteiger charge is 2.13. The van der Waals surface area contributed by atoms with Gasteiger partial charge in [-0.25, -0.2) is 13.2 Å². The molecule has 0 aliphatic rings.